The van der Waals surface area contributed by atoms with Crippen molar-refractivity contribution in [2.75, 3.05) is 13.1 Å². The lowest BCUT2D eigenvalue weighted by molar-refractivity contribution is -0.142. The van der Waals surface area contributed by atoms with Crippen molar-refractivity contribution in [1.29, 1.82) is 0 Å². The van der Waals surface area contributed by atoms with Gasteiger partial charge in [-0.1, -0.05) is 5.16 Å². The van der Waals surface area contributed by atoms with E-state index in [9.17, 15) is 9.59 Å². The van der Waals surface area contributed by atoms with Gasteiger partial charge in [-0.25, -0.2) is 0 Å². The van der Waals surface area contributed by atoms with E-state index in [1.807, 2.05) is 0 Å². The minimum Gasteiger partial charge on any atom is -0.480 e. The van der Waals surface area contributed by atoms with Crippen molar-refractivity contribution in [3.8, 4) is 0 Å². The highest BCUT2D eigenvalue weighted by Gasteiger charge is 2.43. The number of aryl methyl sites for hydroxylation is 1. The fourth-order valence-corrected chi connectivity index (χ4v) is 1.82. The van der Waals surface area contributed by atoms with Crippen LogP contribution in [-0.2, 0) is 4.79 Å². The van der Waals surface area contributed by atoms with Crippen LogP contribution in [0.1, 0.15) is 22.5 Å². The molecule has 2 rings (SSSR count). The maximum Gasteiger partial charge on any atom is 0.325 e. The Kier molecular flexibility index (Phi) is 2.62. The fourth-order valence-electron chi connectivity index (χ4n) is 1.82. The number of aromatic nitrogens is 1. The molecule has 0 spiro atoms. The van der Waals surface area contributed by atoms with Gasteiger partial charge >= 0.3 is 5.97 Å². The molecule has 0 saturated carbocycles. The van der Waals surface area contributed by atoms with Crippen LogP contribution in [0.2, 0.25) is 0 Å². The zero-order chi connectivity index (χ0) is 12.6. The molecule has 0 bridgehead atoms. The molecule has 92 valence electrons. The highest BCUT2D eigenvalue weighted by atomic mass is 16.5. The van der Waals surface area contributed by atoms with Gasteiger partial charge in [0.05, 0.1) is 6.20 Å². The van der Waals surface area contributed by atoms with E-state index in [4.69, 9.17) is 15.4 Å². The molecule has 1 unspecified atom stereocenters. The van der Waals surface area contributed by atoms with Crippen molar-refractivity contribution in [3.05, 3.63) is 17.5 Å². The van der Waals surface area contributed by atoms with E-state index in [1.165, 1.54) is 11.1 Å². The number of nitrogens with two attached hydrogens (primary N) is 1. The Balaban J connectivity index is 2.15. The van der Waals surface area contributed by atoms with Crippen LogP contribution in [0.15, 0.2) is 10.7 Å². The summed E-state index contributed by atoms with van der Waals surface area (Å²) in [7, 11) is 0. The first-order valence-corrected chi connectivity index (χ1v) is 5.17. The highest BCUT2D eigenvalue weighted by Crippen LogP contribution is 2.21. The number of likely N-dealkylation sites (tertiary alicyclic amines) is 1. The van der Waals surface area contributed by atoms with E-state index >= 15 is 0 Å². The Morgan fingerprint density at radius 3 is 2.82 bits per heavy atom. The van der Waals surface area contributed by atoms with Gasteiger partial charge in [0.1, 0.15) is 5.54 Å². The Morgan fingerprint density at radius 1 is 1.65 bits per heavy atom. The number of rotatable bonds is 2. The van der Waals surface area contributed by atoms with E-state index in [0.717, 1.165) is 0 Å². The molecule has 0 radical (unpaired) electrons. The van der Waals surface area contributed by atoms with Gasteiger partial charge in [0.15, 0.2) is 0 Å². The summed E-state index contributed by atoms with van der Waals surface area (Å²) in [6.45, 7) is 2.00. The third-order valence-corrected chi connectivity index (χ3v) is 2.96. The van der Waals surface area contributed by atoms with Crippen LogP contribution >= 0.6 is 0 Å². The fraction of sp³-hybridized carbons (Fsp3) is 0.500. The smallest absolute Gasteiger partial charge is 0.325 e. The lowest BCUT2D eigenvalue weighted by atomic mass is 10.0. The largest absolute Gasteiger partial charge is 0.480 e. The van der Waals surface area contributed by atoms with Crippen LogP contribution in [0.25, 0.3) is 0 Å². The molecule has 1 aromatic heterocycles. The summed E-state index contributed by atoms with van der Waals surface area (Å²) in [5, 5.41) is 12.5. The monoisotopic (exact) mass is 239 g/mol. The zero-order valence-electron chi connectivity index (χ0n) is 9.34. The normalized spacial score (nSPS) is 24.0. The van der Waals surface area contributed by atoms with Gasteiger partial charge in [0.25, 0.3) is 5.91 Å². The van der Waals surface area contributed by atoms with Crippen molar-refractivity contribution in [3.63, 3.8) is 0 Å². The molecule has 0 aromatic carbocycles. The highest BCUT2D eigenvalue weighted by molar-refractivity contribution is 5.94. The SMILES string of the molecule is Cc1cnoc1C(=O)N1CCC(N)(C(=O)O)C1. The molecule has 1 aliphatic rings. The lowest BCUT2D eigenvalue weighted by Crippen LogP contribution is -2.50. The molecule has 2 heterocycles. The maximum absolute atomic E-state index is 12.0. The van der Waals surface area contributed by atoms with Gasteiger partial charge in [-0.2, -0.15) is 0 Å². The van der Waals surface area contributed by atoms with Crippen molar-refractivity contribution < 1.29 is 19.2 Å². The number of carbonyl (C=O) groups excluding carboxylic acids is 1. The van der Waals surface area contributed by atoms with Crippen molar-refractivity contribution in [2.24, 2.45) is 5.73 Å². The van der Waals surface area contributed by atoms with Gasteiger partial charge in [-0.15, -0.1) is 0 Å². The average Bonchev–Trinajstić information content (AvgIpc) is 2.85. The molecule has 1 aromatic rings. The topological polar surface area (TPSA) is 110 Å². The molecule has 17 heavy (non-hydrogen) atoms. The summed E-state index contributed by atoms with van der Waals surface area (Å²) >= 11 is 0. The zero-order valence-corrected chi connectivity index (χ0v) is 9.34. The van der Waals surface area contributed by atoms with E-state index in [1.54, 1.807) is 6.92 Å². The second-order valence-corrected chi connectivity index (χ2v) is 4.28. The van der Waals surface area contributed by atoms with Gasteiger partial charge in [0.2, 0.25) is 5.76 Å². The lowest BCUT2D eigenvalue weighted by Gasteiger charge is -2.19. The predicted octanol–water partition coefficient (Wildman–Crippen LogP) is -0.389. The molecular weight excluding hydrogens is 226 g/mol. The van der Waals surface area contributed by atoms with Crippen LogP contribution < -0.4 is 5.73 Å². The van der Waals surface area contributed by atoms with E-state index in [2.05, 4.69) is 5.16 Å². The first kappa shape index (κ1) is 11.6. The Labute approximate surface area is 97.2 Å². The minimum atomic E-state index is -1.36. The Morgan fingerprint density at radius 2 is 2.35 bits per heavy atom. The molecule has 0 aliphatic carbocycles. The maximum atomic E-state index is 12.0. The molecule has 3 N–H and O–H groups in total. The molecule has 1 atom stereocenters. The number of carbonyl (C=O) groups is 2. The first-order valence-electron chi connectivity index (χ1n) is 5.17. The summed E-state index contributed by atoms with van der Waals surface area (Å²) in [5.74, 6) is -1.32. The average molecular weight is 239 g/mol. The third kappa shape index (κ3) is 1.89. The Bertz CT molecular complexity index is 470. The van der Waals surface area contributed by atoms with Crippen LogP contribution in [0.4, 0.5) is 0 Å². The van der Waals surface area contributed by atoms with Crippen LogP contribution in [0.5, 0.6) is 0 Å². The van der Waals surface area contributed by atoms with E-state index in [-0.39, 0.29) is 24.6 Å². The molecule has 1 saturated heterocycles. The number of hydrogen-bond acceptors (Lipinski definition) is 5. The summed E-state index contributed by atoms with van der Waals surface area (Å²) in [4.78, 5) is 24.3. The summed E-state index contributed by atoms with van der Waals surface area (Å²) in [6, 6.07) is 0. The van der Waals surface area contributed by atoms with Crippen LogP contribution in [-0.4, -0.2) is 45.7 Å². The summed E-state index contributed by atoms with van der Waals surface area (Å²) < 4.78 is 4.84. The number of hydrogen-bond donors (Lipinski definition) is 2. The van der Waals surface area contributed by atoms with Gasteiger partial charge in [0, 0.05) is 18.7 Å². The number of carboxylic acids is 1. The molecule has 1 amide bonds. The minimum absolute atomic E-state index is 0.0126. The molecular formula is C10H13N3O4. The predicted molar refractivity (Wildman–Crippen MR) is 56.3 cm³/mol. The Hall–Kier alpha value is -1.89. The standard InChI is InChI=1S/C10H13N3O4/c1-6-4-12-17-7(6)8(14)13-3-2-10(11,5-13)9(15)16/h4H,2-3,5,11H2,1H3,(H,15,16). The van der Waals surface area contributed by atoms with E-state index < -0.39 is 11.5 Å². The second-order valence-electron chi connectivity index (χ2n) is 4.28. The summed E-state index contributed by atoms with van der Waals surface area (Å²) in [5.41, 5.74) is 4.95. The number of carboxylic acid groups (broad SMARTS) is 1. The van der Waals surface area contributed by atoms with Crippen LogP contribution in [0.3, 0.4) is 0 Å². The van der Waals surface area contributed by atoms with Crippen molar-refractivity contribution in [2.45, 2.75) is 18.9 Å². The van der Waals surface area contributed by atoms with Gasteiger partial charge in [-0.05, 0) is 13.3 Å². The van der Waals surface area contributed by atoms with E-state index in [0.29, 0.717) is 12.1 Å². The molecule has 7 heteroatoms. The number of amides is 1. The third-order valence-electron chi connectivity index (χ3n) is 2.96. The number of nitrogens with zero attached hydrogens (tertiary/aromatic N) is 2. The number of aliphatic carboxylic acids is 1. The quantitative estimate of drug-likeness (QED) is 0.727. The summed E-state index contributed by atoms with van der Waals surface area (Å²) in [6.07, 6.45) is 1.68. The van der Waals surface area contributed by atoms with Gasteiger partial charge < -0.3 is 20.3 Å². The molecule has 1 aliphatic heterocycles. The second kappa shape index (κ2) is 3.85. The van der Waals surface area contributed by atoms with Gasteiger partial charge in [-0.3, -0.25) is 9.59 Å². The first-order chi connectivity index (χ1) is 7.94. The molecule has 1 fully saturated rings. The van der Waals surface area contributed by atoms with Crippen LogP contribution in [0, 0.1) is 6.92 Å². The molecule has 7 nitrogen and oxygen atoms in total. The van der Waals surface area contributed by atoms with Crippen molar-refractivity contribution in [1.82, 2.24) is 10.1 Å². The van der Waals surface area contributed by atoms with Crippen molar-refractivity contribution >= 4 is 11.9 Å².